The number of pyridine rings is 1. The van der Waals surface area contributed by atoms with Crippen LogP contribution in [-0.4, -0.2) is 30.0 Å². The lowest BCUT2D eigenvalue weighted by atomic mass is 10.1. The summed E-state index contributed by atoms with van der Waals surface area (Å²) in [6, 6.07) is 2.49. The van der Waals surface area contributed by atoms with Gasteiger partial charge in [0.25, 0.3) is 5.91 Å². The number of rotatable bonds is 5. The molecule has 1 atom stereocenters. The van der Waals surface area contributed by atoms with E-state index in [2.05, 4.69) is 15.0 Å². The first-order valence-corrected chi connectivity index (χ1v) is 5.97. The number of carbonyl (C=O) groups is 2. The summed E-state index contributed by atoms with van der Waals surface area (Å²) in [6.07, 6.45) is 2.75. The molecule has 0 bridgehead atoms. The van der Waals surface area contributed by atoms with E-state index in [0.717, 1.165) is 6.42 Å². The van der Waals surface area contributed by atoms with Crippen molar-refractivity contribution in [2.24, 2.45) is 0 Å². The van der Waals surface area contributed by atoms with Gasteiger partial charge in [-0.3, -0.25) is 4.79 Å². The highest BCUT2D eigenvalue weighted by Gasteiger charge is 2.22. The maximum absolute atomic E-state index is 11.9. The lowest BCUT2D eigenvalue weighted by Crippen LogP contribution is -2.41. The number of nitrogens with zero attached hydrogens (tertiary/aromatic N) is 1. The van der Waals surface area contributed by atoms with Gasteiger partial charge in [0.2, 0.25) is 0 Å². The summed E-state index contributed by atoms with van der Waals surface area (Å²) in [5.74, 6) is -0.901. The Kier molecular flexibility index (Phi) is 5.58. The van der Waals surface area contributed by atoms with Crippen LogP contribution in [0.4, 0.5) is 0 Å². The van der Waals surface area contributed by atoms with Gasteiger partial charge in [-0.15, -0.1) is 0 Å². The van der Waals surface area contributed by atoms with Gasteiger partial charge in [0.15, 0.2) is 0 Å². The van der Waals surface area contributed by atoms with Crippen molar-refractivity contribution in [1.29, 1.82) is 0 Å². The summed E-state index contributed by atoms with van der Waals surface area (Å²) in [5.41, 5.74) is 0.240. The molecule has 1 amide bonds. The number of nitrogens with one attached hydrogen (secondary N) is 1. The maximum atomic E-state index is 11.9. The van der Waals surface area contributed by atoms with Crippen LogP contribution in [0, 0.1) is 0 Å². The van der Waals surface area contributed by atoms with Crippen molar-refractivity contribution < 1.29 is 14.3 Å². The summed E-state index contributed by atoms with van der Waals surface area (Å²) in [6.45, 7) is 1.92. The van der Waals surface area contributed by atoms with Crippen LogP contribution in [0.25, 0.3) is 0 Å². The molecule has 1 aromatic heterocycles. The Morgan fingerprint density at radius 3 is 2.83 bits per heavy atom. The molecule has 1 rings (SSSR count). The van der Waals surface area contributed by atoms with Gasteiger partial charge in [-0.25, -0.2) is 9.78 Å². The Labute approximate surface area is 110 Å². The molecule has 6 heteroatoms. The smallest absolute Gasteiger partial charge is 0.328 e. The Balaban J connectivity index is 2.79. The van der Waals surface area contributed by atoms with Crippen LogP contribution >= 0.6 is 11.6 Å². The molecule has 5 nitrogen and oxygen atoms in total. The maximum Gasteiger partial charge on any atom is 0.328 e. The predicted octanol–water partition coefficient (Wildman–Crippen LogP) is 1.81. The number of halogens is 1. The van der Waals surface area contributed by atoms with Gasteiger partial charge in [0.05, 0.1) is 12.7 Å². The number of ether oxygens (including phenoxy) is 1. The number of hydrogen-bond acceptors (Lipinski definition) is 4. The lowest BCUT2D eigenvalue weighted by molar-refractivity contribution is -0.143. The van der Waals surface area contributed by atoms with Crippen molar-refractivity contribution in [2.75, 3.05) is 7.11 Å². The summed E-state index contributed by atoms with van der Waals surface area (Å²) >= 11 is 5.80. The quantitative estimate of drug-likeness (QED) is 0.654. The third-order valence-electron chi connectivity index (χ3n) is 2.37. The number of aromatic nitrogens is 1. The molecular weight excluding hydrogens is 256 g/mol. The van der Waals surface area contributed by atoms with Crippen LogP contribution in [0.3, 0.4) is 0 Å². The van der Waals surface area contributed by atoms with Gasteiger partial charge in [0, 0.05) is 6.20 Å². The van der Waals surface area contributed by atoms with Crippen LogP contribution in [0.1, 0.15) is 30.1 Å². The number of carbonyl (C=O) groups excluding carboxylic acids is 2. The highest BCUT2D eigenvalue weighted by molar-refractivity contribution is 6.32. The average molecular weight is 271 g/mol. The largest absolute Gasteiger partial charge is 0.467 e. The molecule has 18 heavy (non-hydrogen) atoms. The molecule has 0 spiro atoms. The third-order valence-corrected chi connectivity index (χ3v) is 2.67. The zero-order chi connectivity index (χ0) is 13.5. The number of esters is 1. The monoisotopic (exact) mass is 270 g/mol. The fourth-order valence-corrected chi connectivity index (χ4v) is 1.68. The summed E-state index contributed by atoms with van der Waals surface area (Å²) in [4.78, 5) is 27.2. The van der Waals surface area contributed by atoms with E-state index < -0.39 is 17.9 Å². The minimum absolute atomic E-state index is 0.107. The predicted molar refractivity (Wildman–Crippen MR) is 67.4 cm³/mol. The van der Waals surface area contributed by atoms with E-state index in [1.165, 1.54) is 13.3 Å². The molecule has 1 N–H and O–H groups in total. The fourth-order valence-electron chi connectivity index (χ4n) is 1.47. The molecule has 0 aliphatic heterocycles. The number of hydrogen-bond donors (Lipinski definition) is 1. The van der Waals surface area contributed by atoms with E-state index in [1.807, 2.05) is 6.92 Å². The lowest BCUT2D eigenvalue weighted by Gasteiger charge is -2.15. The highest BCUT2D eigenvalue weighted by Crippen LogP contribution is 2.12. The van der Waals surface area contributed by atoms with Crippen LogP contribution in [-0.2, 0) is 9.53 Å². The molecule has 0 aromatic carbocycles. The minimum atomic E-state index is -0.663. The Morgan fingerprint density at radius 1 is 1.56 bits per heavy atom. The average Bonchev–Trinajstić information content (AvgIpc) is 2.37. The molecule has 0 saturated heterocycles. The van der Waals surface area contributed by atoms with E-state index in [1.54, 1.807) is 12.1 Å². The van der Waals surface area contributed by atoms with Crippen molar-refractivity contribution in [3.63, 3.8) is 0 Å². The topological polar surface area (TPSA) is 68.3 Å². The normalized spacial score (nSPS) is 11.7. The van der Waals surface area contributed by atoms with E-state index in [9.17, 15) is 9.59 Å². The van der Waals surface area contributed by atoms with Crippen molar-refractivity contribution in [1.82, 2.24) is 10.3 Å². The van der Waals surface area contributed by atoms with Crippen molar-refractivity contribution >= 4 is 23.5 Å². The third kappa shape index (κ3) is 3.70. The Morgan fingerprint density at radius 2 is 2.28 bits per heavy atom. The highest BCUT2D eigenvalue weighted by atomic mass is 35.5. The van der Waals surface area contributed by atoms with Gasteiger partial charge in [-0.1, -0.05) is 24.9 Å². The Bertz CT molecular complexity index is 437. The van der Waals surface area contributed by atoms with Crippen molar-refractivity contribution in [2.45, 2.75) is 25.8 Å². The first-order valence-electron chi connectivity index (χ1n) is 5.59. The summed E-state index contributed by atoms with van der Waals surface area (Å²) < 4.78 is 4.63. The molecule has 98 valence electrons. The zero-order valence-electron chi connectivity index (χ0n) is 10.3. The summed E-state index contributed by atoms with van der Waals surface area (Å²) in [5, 5.41) is 2.69. The molecule has 0 radical (unpaired) electrons. The van der Waals surface area contributed by atoms with Crippen LogP contribution < -0.4 is 5.32 Å². The molecule has 1 aromatic rings. The zero-order valence-corrected chi connectivity index (χ0v) is 11.0. The van der Waals surface area contributed by atoms with Gasteiger partial charge in [-0.2, -0.15) is 0 Å². The van der Waals surface area contributed by atoms with E-state index >= 15 is 0 Å². The van der Waals surface area contributed by atoms with Gasteiger partial charge in [0.1, 0.15) is 11.2 Å². The van der Waals surface area contributed by atoms with E-state index in [4.69, 9.17) is 11.6 Å². The van der Waals surface area contributed by atoms with Crippen LogP contribution in [0.5, 0.6) is 0 Å². The SMILES string of the molecule is CCC[C@H](NC(=O)c1cccnc1Cl)C(=O)OC. The second-order valence-electron chi connectivity index (χ2n) is 3.68. The molecule has 0 saturated carbocycles. The molecule has 1 heterocycles. The summed E-state index contributed by atoms with van der Waals surface area (Å²) in [7, 11) is 1.29. The first-order chi connectivity index (χ1) is 8.60. The van der Waals surface area contributed by atoms with Crippen molar-refractivity contribution in [3.8, 4) is 0 Å². The fraction of sp³-hybridized carbons (Fsp3) is 0.417. The van der Waals surface area contributed by atoms with Gasteiger partial charge in [-0.05, 0) is 18.6 Å². The standard InChI is InChI=1S/C12H15ClN2O3/c1-3-5-9(12(17)18-2)15-11(16)8-6-4-7-14-10(8)13/h4,6-7,9H,3,5H2,1-2H3,(H,15,16)/t9-/m0/s1. The van der Waals surface area contributed by atoms with E-state index in [0.29, 0.717) is 6.42 Å². The minimum Gasteiger partial charge on any atom is -0.467 e. The number of methoxy groups -OCH3 is 1. The first kappa shape index (κ1) is 14.4. The molecule has 0 aliphatic carbocycles. The Hall–Kier alpha value is -1.62. The number of amides is 1. The molecule has 0 fully saturated rings. The van der Waals surface area contributed by atoms with Gasteiger partial charge >= 0.3 is 5.97 Å². The molecule has 0 aliphatic rings. The van der Waals surface area contributed by atoms with Crippen LogP contribution in [0.2, 0.25) is 5.15 Å². The van der Waals surface area contributed by atoms with Crippen LogP contribution in [0.15, 0.2) is 18.3 Å². The second kappa shape index (κ2) is 6.96. The van der Waals surface area contributed by atoms with Gasteiger partial charge < -0.3 is 10.1 Å². The van der Waals surface area contributed by atoms with E-state index in [-0.39, 0.29) is 10.7 Å². The second-order valence-corrected chi connectivity index (χ2v) is 4.04. The molecule has 0 unspecified atom stereocenters. The van der Waals surface area contributed by atoms with Crippen molar-refractivity contribution in [3.05, 3.63) is 29.0 Å². The molecular formula is C12H15ClN2O3.